The van der Waals surface area contributed by atoms with Crippen LogP contribution in [0, 0.1) is 0 Å². The number of hydrogen-bond donors (Lipinski definition) is 1. The van der Waals surface area contributed by atoms with Crippen molar-refractivity contribution in [1.82, 2.24) is 4.98 Å². The van der Waals surface area contributed by atoms with Gasteiger partial charge in [-0.25, -0.2) is 4.21 Å². The lowest BCUT2D eigenvalue weighted by Crippen LogP contribution is -2.12. The largest absolute Gasteiger partial charge is 0.750 e. The Morgan fingerprint density at radius 1 is 1.18 bits per heavy atom. The van der Waals surface area contributed by atoms with E-state index in [9.17, 15) is 13.6 Å². The zero-order valence-corrected chi connectivity index (χ0v) is 16.4. The maximum atomic E-state index is 12.5. The predicted molar refractivity (Wildman–Crippen MR) is 107 cm³/mol. The van der Waals surface area contributed by atoms with Crippen molar-refractivity contribution in [3.63, 3.8) is 0 Å². The molecule has 0 radical (unpaired) electrons. The normalized spacial score (nSPS) is 13.0. The van der Waals surface area contributed by atoms with Crippen molar-refractivity contribution < 1.29 is 17.7 Å². The Bertz CT molecular complexity index is 997. The minimum absolute atomic E-state index is 0.304. The SMILES string of the molecule is CC(OS(=O)[O-])c1ccc(C(=O)Nc2ccc(Cl)c(-c3ccccn3)c2)cc1. The second-order valence-corrected chi connectivity index (χ2v) is 6.94. The minimum Gasteiger partial charge on any atom is -0.750 e. The highest BCUT2D eigenvalue weighted by Crippen LogP contribution is 2.29. The molecule has 0 aliphatic carbocycles. The van der Waals surface area contributed by atoms with Gasteiger partial charge in [0, 0.05) is 23.0 Å². The van der Waals surface area contributed by atoms with E-state index in [1.807, 2.05) is 18.2 Å². The number of halogens is 1. The van der Waals surface area contributed by atoms with E-state index in [1.165, 1.54) is 0 Å². The highest BCUT2D eigenvalue weighted by Gasteiger charge is 2.11. The molecule has 6 nitrogen and oxygen atoms in total. The van der Waals surface area contributed by atoms with Crippen molar-refractivity contribution in [3.05, 3.63) is 83.0 Å². The van der Waals surface area contributed by atoms with Crippen LogP contribution in [-0.4, -0.2) is 19.7 Å². The molecule has 0 aliphatic heterocycles. The number of anilines is 1. The molecule has 1 heterocycles. The number of hydrogen-bond acceptors (Lipinski definition) is 5. The Morgan fingerprint density at radius 3 is 2.57 bits per heavy atom. The van der Waals surface area contributed by atoms with Crippen LogP contribution in [0.15, 0.2) is 66.9 Å². The molecule has 2 aromatic carbocycles. The predicted octanol–water partition coefficient (Wildman–Crippen LogP) is 4.53. The topological polar surface area (TPSA) is 91.4 Å². The quantitative estimate of drug-likeness (QED) is 0.597. The maximum Gasteiger partial charge on any atom is 0.255 e. The Labute approximate surface area is 170 Å². The van der Waals surface area contributed by atoms with Gasteiger partial charge in [0.2, 0.25) is 0 Å². The van der Waals surface area contributed by atoms with Crippen LogP contribution in [0.25, 0.3) is 11.3 Å². The first kappa shape index (κ1) is 20.2. The summed E-state index contributed by atoms with van der Waals surface area (Å²) >= 11 is 3.66. The third-order valence-corrected chi connectivity index (χ3v) is 4.81. The molecule has 1 aromatic heterocycles. The first-order valence-electron chi connectivity index (χ1n) is 8.32. The summed E-state index contributed by atoms with van der Waals surface area (Å²) in [6, 6.07) is 17.2. The molecule has 3 aromatic rings. The molecule has 3 rings (SSSR count). The maximum absolute atomic E-state index is 12.5. The molecule has 0 saturated carbocycles. The highest BCUT2D eigenvalue weighted by atomic mass is 35.5. The van der Waals surface area contributed by atoms with Gasteiger partial charge in [-0.2, -0.15) is 0 Å². The summed E-state index contributed by atoms with van der Waals surface area (Å²) in [5, 5.41) is 3.35. The van der Waals surface area contributed by atoms with Crippen LogP contribution in [0.2, 0.25) is 5.02 Å². The van der Waals surface area contributed by atoms with Crippen LogP contribution in [0.5, 0.6) is 0 Å². The number of pyridine rings is 1. The van der Waals surface area contributed by atoms with E-state index in [0.29, 0.717) is 33.1 Å². The number of carbonyl (C=O) groups excluding carboxylic acids is 1. The van der Waals surface area contributed by atoms with Gasteiger partial charge in [0.25, 0.3) is 5.91 Å². The number of amides is 1. The van der Waals surface area contributed by atoms with Gasteiger partial charge in [-0.05, 0) is 55.0 Å². The van der Waals surface area contributed by atoms with Crippen LogP contribution in [0.1, 0.15) is 28.9 Å². The fraction of sp³-hybridized carbons (Fsp3) is 0.100. The van der Waals surface area contributed by atoms with Crippen LogP contribution >= 0.6 is 11.6 Å². The molecular formula is C20H16ClN2O4S-. The summed E-state index contributed by atoms with van der Waals surface area (Å²) in [6.45, 7) is 1.61. The van der Waals surface area contributed by atoms with Crippen LogP contribution in [0.4, 0.5) is 5.69 Å². The molecule has 0 bridgehead atoms. The molecule has 8 heteroatoms. The van der Waals surface area contributed by atoms with Crippen LogP contribution in [0.3, 0.4) is 0 Å². The van der Waals surface area contributed by atoms with E-state index in [2.05, 4.69) is 10.3 Å². The molecule has 2 unspecified atom stereocenters. The highest BCUT2D eigenvalue weighted by molar-refractivity contribution is 7.74. The first-order valence-corrected chi connectivity index (χ1v) is 9.70. The fourth-order valence-corrected chi connectivity index (χ4v) is 3.16. The van der Waals surface area contributed by atoms with E-state index in [4.69, 9.17) is 15.8 Å². The number of nitrogens with one attached hydrogen (secondary N) is 1. The van der Waals surface area contributed by atoms with Gasteiger partial charge in [0.05, 0.1) is 28.2 Å². The van der Waals surface area contributed by atoms with Crippen LogP contribution < -0.4 is 5.32 Å². The van der Waals surface area contributed by atoms with E-state index in [1.54, 1.807) is 55.6 Å². The van der Waals surface area contributed by atoms with Crippen molar-refractivity contribution in [2.75, 3.05) is 5.32 Å². The monoisotopic (exact) mass is 415 g/mol. The number of aromatic nitrogens is 1. The molecule has 0 spiro atoms. The number of rotatable bonds is 6. The lowest BCUT2D eigenvalue weighted by Gasteiger charge is -2.14. The molecule has 0 fully saturated rings. The third-order valence-electron chi connectivity index (χ3n) is 4.03. The zero-order valence-electron chi connectivity index (χ0n) is 14.8. The van der Waals surface area contributed by atoms with E-state index in [0.717, 1.165) is 0 Å². The molecule has 2 atom stereocenters. The summed E-state index contributed by atoms with van der Waals surface area (Å²) in [7, 11) is 0. The number of benzene rings is 2. The smallest absolute Gasteiger partial charge is 0.255 e. The number of nitrogens with zero attached hydrogens (tertiary/aromatic N) is 1. The van der Waals surface area contributed by atoms with Crippen molar-refractivity contribution in [3.8, 4) is 11.3 Å². The summed E-state index contributed by atoms with van der Waals surface area (Å²) in [6.07, 6.45) is 1.04. The molecular weight excluding hydrogens is 400 g/mol. The summed E-state index contributed by atoms with van der Waals surface area (Å²) in [5.41, 5.74) is 3.07. The Kier molecular flexibility index (Phi) is 6.53. The van der Waals surface area contributed by atoms with Crippen molar-refractivity contribution in [2.45, 2.75) is 13.0 Å². The van der Waals surface area contributed by atoms with Gasteiger partial charge in [0.1, 0.15) is 0 Å². The summed E-state index contributed by atoms with van der Waals surface area (Å²) in [4.78, 5) is 16.8. The average molecular weight is 416 g/mol. The lowest BCUT2D eigenvalue weighted by atomic mass is 10.1. The summed E-state index contributed by atoms with van der Waals surface area (Å²) < 4.78 is 25.9. The zero-order chi connectivity index (χ0) is 20.1. The van der Waals surface area contributed by atoms with E-state index >= 15 is 0 Å². The molecule has 28 heavy (non-hydrogen) atoms. The van der Waals surface area contributed by atoms with Crippen molar-refractivity contribution in [1.29, 1.82) is 0 Å². The van der Waals surface area contributed by atoms with Gasteiger partial charge in [-0.15, -0.1) is 0 Å². The molecule has 144 valence electrons. The second kappa shape index (κ2) is 9.07. The van der Waals surface area contributed by atoms with Crippen molar-refractivity contribution >= 4 is 34.6 Å². The van der Waals surface area contributed by atoms with Crippen LogP contribution in [-0.2, 0) is 15.5 Å². The molecule has 1 N–H and O–H groups in total. The average Bonchev–Trinajstić information content (AvgIpc) is 2.69. The van der Waals surface area contributed by atoms with Crippen molar-refractivity contribution in [2.24, 2.45) is 0 Å². The van der Waals surface area contributed by atoms with Gasteiger partial charge < -0.3 is 9.87 Å². The van der Waals surface area contributed by atoms with Gasteiger partial charge in [0.15, 0.2) is 0 Å². The molecule has 0 saturated heterocycles. The lowest BCUT2D eigenvalue weighted by molar-refractivity contribution is 0.102. The molecule has 1 amide bonds. The second-order valence-electron chi connectivity index (χ2n) is 5.93. The van der Waals surface area contributed by atoms with Gasteiger partial charge in [-0.1, -0.05) is 29.8 Å². The summed E-state index contributed by atoms with van der Waals surface area (Å²) in [5.74, 6) is -0.304. The standard InChI is InChI=1S/C20H17ClN2O4S/c1-13(27-28(25)26)14-5-7-15(8-6-14)20(24)23-16-9-10-18(21)17(12-16)19-4-2-3-11-22-19/h2-13H,1H3,(H,23,24)(H,25,26)/p-1. The van der Waals surface area contributed by atoms with Gasteiger partial charge >= 0.3 is 0 Å². The first-order chi connectivity index (χ1) is 13.4. The Hall–Kier alpha value is -2.58. The number of carbonyl (C=O) groups is 1. The Balaban J connectivity index is 1.75. The molecule has 0 aliphatic rings. The fourth-order valence-electron chi connectivity index (χ4n) is 2.60. The minimum atomic E-state index is -2.60. The third kappa shape index (κ3) is 5.02. The van der Waals surface area contributed by atoms with E-state index < -0.39 is 17.5 Å². The Morgan fingerprint density at radius 2 is 1.93 bits per heavy atom. The van der Waals surface area contributed by atoms with E-state index in [-0.39, 0.29) is 5.91 Å². The van der Waals surface area contributed by atoms with Gasteiger partial charge in [-0.3, -0.25) is 14.0 Å².